The van der Waals surface area contributed by atoms with Crippen molar-refractivity contribution in [2.75, 3.05) is 7.11 Å². The molecule has 0 amide bonds. The van der Waals surface area contributed by atoms with Crippen molar-refractivity contribution in [1.29, 1.82) is 0 Å². The van der Waals surface area contributed by atoms with Gasteiger partial charge in [0.15, 0.2) is 4.77 Å². The van der Waals surface area contributed by atoms with Gasteiger partial charge in [-0.05, 0) is 49.0 Å². The van der Waals surface area contributed by atoms with E-state index in [9.17, 15) is 9.59 Å². The van der Waals surface area contributed by atoms with Gasteiger partial charge in [0.05, 0.1) is 29.3 Å². The van der Waals surface area contributed by atoms with Gasteiger partial charge >= 0.3 is 5.97 Å². The number of hydrogen-bond donors (Lipinski definition) is 1. The van der Waals surface area contributed by atoms with Gasteiger partial charge in [-0.3, -0.25) is 9.36 Å². The fraction of sp³-hybridized carbons (Fsp3) is 0.118. The number of aromatic nitrogens is 2. The van der Waals surface area contributed by atoms with E-state index in [1.165, 1.54) is 11.7 Å². The van der Waals surface area contributed by atoms with Crippen LogP contribution in [0.3, 0.4) is 0 Å². The van der Waals surface area contributed by atoms with E-state index in [2.05, 4.69) is 4.98 Å². The largest absolute Gasteiger partial charge is 0.465 e. The maximum atomic E-state index is 12.8. The SMILES string of the molecule is COC(=O)c1ccc(C)c(-n2c(=S)[nH]c3ccccc3c2=O)c1. The topological polar surface area (TPSA) is 64.1 Å². The number of carbonyl (C=O) groups excluding carboxylic acids is 1. The van der Waals surface area contributed by atoms with E-state index in [0.717, 1.165) is 5.56 Å². The van der Waals surface area contributed by atoms with Crippen LogP contribution in [-0.2, 0) is 4.74 Å². The van der Waals surface area contributed by atoms with E-state index in [1.807, 2.05) is 13.0 Å². The monoisotopic (exact) mass is 326 g/mol. The number of H-pyrrole nitrogens is 1. The van der Waals surface area contributed by atoms with E-state index in [4.69, 9.17) is 17.0 Å². The molecular formula is C17H14N2O3S. The number of nitrogens with zero attached hydrogens (tertiary/aromatic N) is 1. The standard InChI is InChI=1S/C17H14N2O3S/c1-10-7-8-11(16(21)22-2)9-14(10)19-15(20)12-5-3-4-6-13(12)18-17(19)23/h3-9H,1-2H3,(H,18,23). The lowest BCUT2D eigenvalue weighted by Gasteiger charge is -2.12. The third kappa shape index (κ3) is 2.57. The summed E-state index contributed by atoms with van der Waals surface area (Å²) < 4.78 is 6.42. The van der Waals surface area contributed by atoms with Gasteiger partial charge in [-0.15, -0.1) is 0 Å². The van der Waals surface area contributed by atoms with E-state index in [0.29, 0.717) is 22.2 Å². The molecule has 1 heterocycles. The quantitative estimate of drug-likeness (QED) is 0.580. The molecule has 6 heteroatoms. The van der Waals surface area contributed by atoms with Crippen LogP contribution in [0.25, 0.3) is 16.6 Å². The van der Waals surface area contributed by atoms with E-state index in [-0.39, 0.29) is 10.3 Å². The summed E-state index contributed by atoms with van der Waals surface area (Å²) in [5.41, 5.74) is 2.21. The molecule has 116 valence electrons. The number of nitrogens with one attached hydrogen (secondary N) is 1. The predicted molar refractivity (Wildman–Crippen MR) is 90.8 cm³/mol. The van der Waals surface area contributed by atoms with Crippen molar-refractivity contribution >= 4 is 29.1 Å². The molecule has 0 unspecified atom stereocenters. The molecule has 0 radical (unpaired) electrons. The summed E-state index contributed by atoms with van der Waals surface area (Å²) in [7, 11) is 1.32. The summed E-state index contributed by atoms with van der Waals surface area (Å²) >= 11 is 5.34. The third-order valence-electron chi connectivity index (χ3n) is 3.68. The molecule has 0 aliphatic carbocycles. The number of carbonyl (C=O) groups is 1. The molecule has 0 atom stereocenters. The number of fused-ring (bicyclic) bond motifs is 1. The molecular weight excluding hydrogens is 312 g/mol. The van der Waals surface area contributed by atoms with Crippen molar-refractivity contribution < 1.29 is 9.53 Å². The predicted octanol–water partition coefficient (Wildman–Crippen LogP) is 3.14. The molecule has 0 fully saturated rings. The lowest BCUT2D eigenvalue weighted by molar-refractivity contribution is 0.0600. The molecule has 0 spiro atoms. The van der Waals surface area contributed by atoms with Gasteiger partial charge in [0.1, 0.15) is 0 Å². The highest BCUT2D eigenvalue weighted by Gasteiger charge is 2.13. The summed E-state index contributed by atoms with van der Waals surface area (Å²) in [4.78, 5) is 27.6. The molecule has 23 heavy (non-hydrogen) atoms. The first-order valence-corrected chi connectivity index (χ1v) is 7.37. The Bertz CT molecular complexity index is 1030. The van der Waals surface area contributed by atoms with Crippen molar-refractivity contribution in [3.8, 4) is 5.69 Å². The Morgan fingerprint density at radius 2 is 1.96 bits per heavy atom. The van der Waals surface area contributed by atoms with Crippen LogP contribution >= 0.6 is 12.2 Å². The lowest BCUT2D eigenvalue weighted by atomic mass is 10.1. The number of aromatic amines is 1. The second-order valence-electron chi connectivity index (χ2n) is 5.11. The number of esters is 1. The first-order valence-electron chi connectivity index (χ1n) is 6.96. The lowest BCUT2D eigenvalue weighted by Crippen LogP contribution is -2.21. The normalized spacial score (nSPS) is 10.7. The number of methoxy groups -OCH3 is 1. The first kappa shape index (κ1) is 15.2. The Morgan fingerprint density at radius 3 is 2.70 bits per heavy atom. The van der Waals surface area contributed by atoms with Crippen LogP contribution in [0.2, 0.25) is 0 Å². The van der Waals surface area contributed by atoms with Crippen LogP contribution in [0, 0.1) is 11.7 Å². The Labute approximate surface area is 137 Å². The molecule has 0 aliphatic heterocycles. The van der Waals surface area contributed by atoms with Crippen LogP contribution in [0.15, 0.2) is 47.3 Å². The molecule has 3 rings (SSSR count). The zero-order valence-electron chi connectivity index (χ0n) is 12.6. The van der Waals surface area contributed by atoms with Gasteiger partial charge in [0.25, 0.3) is 5.56 Å². The second kappa shape index (κ2) is 5.81. The van der Waals surface area contributed by atoms with Crippen LogP contribution in [0.5, 0.6) is 0 Å². The minimum Gasteiger partial charge on any atom is -0.465 e. The van der Waals surface area contributed by atoms with Gasteiger partial charge in [-0.2, -0.15) is 0 Å². The number of rotatable bonds is 2. The Morgan fingerprint density at radius 1 is 1.22 bits per heavy atom. The fourth-order valence-electron chi connectivity index (χ4n) is 2.48. The van der Waals surface area contributed by atoms with Crippen molar-refractivity contribution in [1.82, 2.24) is 9.55 Å². The van der Waals surface area contributed by atoms with Crippen molar-refractivity contribution in [3.63, 3.8) is 0 Å². The summed E-state index contributed by atoms with van der Waals surface area (Å²) in [5, 5.41) is 0.531. The van der Waals surface area contributed by atoms with Crippen LogP contribution in [0.4, 0.5) is 0 Å². The van der Waals surface area contributed by atoms with Crippen LogP contribution < -0.4 is 5.56 Å². The second-order valence-corrected chi connectivity index (χ2v) is 5.50. The molecule has 3 aromatic rings. The van der Waals surface area contributed by atoms with Crippen LogP contribution in [0.1, 0.15) is 15.9 Å². The Hall–Kier alpha value is -2.73. The summed E-state index contributed by atoms with van der Waals surface area (Å²) in [6.45, 7) is 1.85. The highest BCUT2D eigenvalue weighted by atomic mass is 32.1. The summed E-state index contributed by atoms with van der Waals surface area (Å²) in [5.74, 6) is -0.463. The van der Waals surface area contributed by atoms with Crippen molar-refractivity contribution in [3.05, 3.63) is 68.7 Å². The van der Waals surface area contributed by atoms with E-state index < -0.39 is 5.97 Å². The third-order valence-corrected chi connectivity index (χ3v) is 3.96. The zero-order chi connectivity index (χ0) is 16.6. The zero-order valence-corrected chi connectivity index (χ0v) is 13.4. The fourth-order valence-corrected chi connectivity index (χ4v) is 2.77. The molecule has 1 aromatic heterocycles. The minimum absolute atomic E-state index is 0.227. The number of para-hydroxylation sites is 1. The molecule has 0 aliphatic rings. The average molecular weight is 326 g/mol. The maximum Gasteiger partial charge on any atom is 0.337 e. The average Bonchev–Trinajstić information content (AvgIpc) is 2.55. The molecule has 2 aromatic carbocycles. The molecule has 0 saturated heterocycles. The van der Waals surface area contributed by atoms with Gasteiger partial charge in [0.2, 0.25) is 0 Å². The van der Waals surface area contributed by atoms with Gasteiger partial charge in [-0.25, -0.2) is 4.79 Å². The number of aryl methyl sites for hydroxylation is 1. The first-order chi connectivity index (χ1) is 11.0. The number of benzene rings is 2. The molecule has 5 nitrogen and oxygen atoms in total. The smallest absolute Gasteiger partial charge is 0.337 e. The highest BCUT2D eigenvalue weighted by Crippen LogP contribution is 2.17. The van der Waals surface area contributed by atoms with Crippen molar-refractivity contribution in [2.24, 2.45) is 0 Å². The van der Waals surface area contributed by atoms with Gasteiger partial charge < -0.3 is 9.72 Å². The highest BCUT2D eigenvalue weighted by molar-refractivity contribution is 7.71. The van der Waals surface area contributed by atoms with E-state index in [1.54, 1.807) is 36.4 Å². The number of ether oxygens (including phenoxy) is 1. The van der Waals surface area contributed by atoms with Crippen LogP contribution in [-0.4, -0.2) is 22.6 Å². The summed E-state index contributed by atoms with van der Waals surface area (Å²) in [6, 6.07) is 12.2. The van der Waals surface area contributed by atoms with Crippen molar-refractivity contribution in [2.45, 2.75) is 6.92 Å². The molecule has 1 N–H and O–H groups in total. The Balaban J connectivity index is 2.35. The maximum absolute atomic E-state index is 12.8. The molecule has 0 saturated carbocycles. The Kier molecular flexibility index (Phi) is 3.83. The summed E-state index contributed by atoms with van der Waals surface area (Å²) in [6.07, 6.45) is 0. The number of hydrogen-bond acceptors (Lipinski definition) is 4. The van der Waals surface area contributed by atoms with Gasteiger partial charge in [0, 0.05) is 0 Å². The van der Waals surface area contributed by atoms with E-state index >= 15 is 0 Å². The molecule has 0 bridgehead atoms. The minimum atomic E-state index is -0.463. The van der Waals surface area contributed by atoms with Gasteiger partial charge in [-0.1, -0.05) is 18.2 Å².